The molecule has 15 heavy (non-hydrogen) atoms. The van der Waals surface area contributed by atoms with Crippen LogP contribution in [0.2, 0.25) is 0 Å². The van der Waals surface area contributed by atoms with E-state index in [1.54, 1.807) is 12.1 Å². The van der Waals surface area contributed by atoms with E-state index in [1.807, 2.05) is 6.07 Å². The molecule has 0 aliphatic rings. The number of carbonyl (C=O) groups is 1. The molecular weight excluding hydrogens is 262 g/mol. The summed E-state index contributed by atoms with van der Waals surface area (Å²) < 4.78 is 5.06. The minimum absolute atomic E-state index is 0.108. The molecule has 0 amide bonds. The largest absolute Gasteiger partial charge is 0.465 e. The summed E-state index contributed by atoms with van der Waals surface area (Å²) in [6.45, 7) is -0.313. The van der Waals surface area contributed by atoms with Gasteiger partial charge >= 0.3 is 5.97 Å². The lowest BCUT2D eigenvalue weighted by Gasteiger charge is -2.08. The Morgan fingerprint density at radius 1 is 1.67 bits per heavy atom. The zero-order valence-corrected chi connectivity index (χ0v) is 9.54. The molecular formula is C10H8BrNO3. The Labute approximate surface area is 95.2 Å². The van der Waals surface area contributed by atoms with Gasteiger partial charge in [0.05, 0.1) is 24.8 Å². The molecule has 0 aliphatic heterocycles. The lowest BCUT2D eigenvalue weighted by molar-refractivity contribution is 0.0596. The van der Waals surface area contributed by atoms with Gasteiger partial charge < -0.3 is 9.84 Å². The molecule has 0 heterocycles. The van der Waals surface area contributed by atoms with E-state index in [-0.39, 0.29) is 17.7 Å². The molecule has 0 aliphatic carbocycles. The Kier molecular flexibility index (Phi) is 3.83. The molecule has 78 valence electrons. The first-order valence-corrected chi connectivity index (χ1v) is 4.85. The predicted molar refractivity (Wildman–Crippen MR) is 56.1 cm³/mol. The summed E-state index contributed by atoms with van der Waals surface area (Å²) in [5.74, 6) is -0.628. The molecule has 4 nitrogen and oxygen atoms in total. The van der Waals surface area contributed by atoms with E-state index in [9.17, 15) is 4.79 Å². The summed E-state index contributed by atoms with van der Waals surface area (Å²) in [4.78, 5) is 11.4. The van der Waals surface area contributed by atoms with Gasteiger partial charge in [-0.2, -0.15) is 5.26 Å². The van der Waals surface area contributed by atoms with Gasteiger partial charge in [-0.25, -0.2) is 4.79 Å². The number of benzene rings is 1. The van der Waals surface area contributed by atoms with Crippen LogP contribution in [0.25, 0.3) is 0 Å². The van der Waals surface area contributed by atoms with E-state index in [4.69, 9.17) is 10.4 Å². The summed E-state index contributed by atoms with van der Waals surface area (Å²) in [6, 6.07) is 5.07. The average molecular weight is 270 g/mol. The third-order valence-electron chi connectivity index (χ3n) is 1.91. The number of hydrogen-bond acceptors (Lipinski definition) is 4. The maximum Gasteiger partial charge on any atom is 0.339 e. The predicted octanol–water partition coefficient (Wildman–Crippen LogP) is 1.60. The number of rotatable bonds is 2. The van der Waals surface area contributed by atoms with Crippen LogP contribution in [0.15, 0.2) is 16.6 Å². The Hall–Kier alpha value is -1.38. The highest BCUT2D eigenvalue weighted by molar-refractivity contribution is 9.10. The Balaban J connectivity index is 3.49. The van der Waals surface area contributed by atoms with Crippen molar-refractivity contribution >= 4 is 21.9 Å². The zero-order valence-electron chi connectivity index (χ0n) is 7.95. The minimum Gasteiger partial charge on any atom is -0.465 e. The molecule has 1 N–H and O–H groups in total. The van der Waals surface area contributed by atoms with Crippen LogP contribution in [0, 0.1) is 11.3 Å². The molecule has 0 radical (unpaired) electrons. The van der Waals surface area contributed by atoms with Crippen LogP contribution in [0.3, 0.4) is 0 Å². The SMILES string of the molecule is COC(=O)c1c(CO)ccc(Br)c1C#N. The van der Waals surface area contributed by atoms with Crippen molar-refractivity contribution in [3.63, 3.8) is 0 Å². The lowest BCUT2D eigenvalue weighted by atomic mass is 10.0. The van der Waals surface area contributed by atoms with Crippen molar-refractivity contribution in [2.24, 2.45) is 0 Å². The Morgan fingerprint density at radius 2 is 2.33 bits per heavy atom. The van der Waals surface area contributed by atoms with Gasteiger partial charge in [0.1, 0.15) is 6.07 Å². The normalized spacial score (nSPS) is 9.47. The molecule has 1 aromatic rings. The summed E-state index contributed by atoms with van der Waals surface area (Å²) >= 11 is 3.16. The van der Waals surface area contributed by atoms with Gasteiger partial charge in [0.15, 0.2) is 0 Å². The first kappa shape index (κ1) is 11.7. The lowest BCUT2D eigenvalue weighted by Crippen LogP contribution is -2.09. The van der Waals surface area contributed by atoms with E-state index in [1.165, 1.54) is 7.11 Å². The number of esters is 1. The molecule has 5 heteroatoms. The van der Waals surface area contributed by atoms with E-state index < -0.39 is 5.97 Å². The second kappa shape index (κ2) is 4.91. The standard InChI is InChI=1S/C10H8BrNO3/c1-15-10(14)9-6(5-13)2-3-8(11)7(9)4-12/h2-3,13H,5H2,1H3. The molecule has 0 fully saturated rings. The zero-order chi connectivity index (χ0) is 11.4. The molecule has 0 saturated heterocycles. The topological polar surface area (TPSA) is 70.3 Å². The van der Waals surface area contributed by atoms with Crippen LogP contribution in [0.1, 0.15) is 21.5 Å². The van der Waals surface area contributed by atoms with Crippen LogP contribution in [-0.2, 0) is 11.3 Å². The number of carbonyl (C=O) groups excluding carboxylic acids is 1. The highest BCUT2D eigenvalue weighted by atomic mass is 79.9. The summed E-state index contributed by atoms with van der Waals surface area (Å²) in [7, 11) is 1.23. The van der Waals surface area contributed by atoms with Gasteiger partial charge in [0.2, 0.25) is 0 Å². The second-order valence-electron chi connectivity index (χ2n) is 2.72. The average Bonchev–Trinajstić information content (AvgIpc) is 2.27. The third-order valence-corrected chi connectivity index (χ3v) is 2.57. The van der Waals surface area contributed by atoms with Gasteiger partial charge in [0, 0.05) is 4.47 Å². The number of methoxy groups -OCH3 is 1. The van der Waals surface area contributed by atoms with Crippen molar-refractivity contribution < 1.29 is 14.6 Å². The Bertz CT molecular complexity index is 437. The van der Waals surface area contributed by atoms with Crippen molar-refractivity contribution in [3.8, 4) is 6.07 Å². The molecule has 0 atom stereocenters. The highest BCUT2D eigenvalue weighted by Gasteiger charge is 2.18. The molecule has 1 aromatic carbocycles. The molecule has 0 unspecified atom stereocenters. The van der Waals surface area contributed by atoms with Crippen molar-refractivity contribution in [3.05, 3.63) is 33.3 Å². The van der Waals surface area contributed by atoms with Crippen LogP contribution in [0.5, 0.6) is 0 Å². The van der Waals surface area contributed by atoms with Gasteiger partial charge in [0.25, 0.3) is 0 Å². The molecule has 0 bridgehead atoms. The summed E-state index contributed by atoms with van der Waals surface area (Å²) in [5, 5.41) is 17.9. The van der Waals surface area contributed by atoms with Crippen molar-refractivity contribution in [1.29, 1.82) is 5.26 Å². The fourth-order valence-corrected chi connectivity index (χ4v) is 1.62. The van der Waals surface area contributed by atoms with E-state index >= 15 is 0 Å². The van der Waals surface area contributed by atoms with E-state index in [2.05, 4.69) is 20.7 Å². The number of nitriles is 1. The van der Waals surface area contributed by atoms with Crippen LogP contribution in [-0.4, -0.2) is 18.2 Å². The molecule has 0 spiro atoms. The quantitative estimate of drug-likeness (QED) is 0.828. The smallest absolute Gasteiger partial charge is 0.339 e. The van der Waals surface area contributed by atoms with Crippen molar-refractivity contribution in [1.82, 2.24) is 0 Å². The number of halogens is 1. The second-order valence-corrected chi connectivity index (χ2v) is 3.57. The maximum atomic E-state index is 11.4. The van der Waals surface area contributed by atoms with Gasteiger partial charge in [-0.05, 0) is 27.6 Å². The molecule has 0 saturated carbocycles. The van der Waals surface area contributed by atoms with Gasteiger partial charge in [-0.1, -0.05) is 6.07 Å². The molecule has 1 rings (SSSR count). The number of nitrogens with zero attached hydrogens (tertiary/aromatic N) is 1. The number of hydrogen-bond donors (Lipinski definition) is 1. The minimum atomic E-state index is -0.628. The fraction of sp³-hybridized carbons (Fsp3) is 0.200. The summed E-state index contributed by atoms with van der Waals surface area (Å²) in [5.41, 5.74) is 0.659. The van der Waals surface area contributed by atoms with Crippen LogP contribution < -0.4 is 0 Å². The fourth-order valence-electron chi connectivity index (χ4n) is 1.20. The third kappa shape index (κ3) is 2.17. The van der Waals surface area contributed by atoms with Crippen molar-refractivity contribution in [2.45, 2.75) is 6.61 Å². The first-order chi connectivity index (χ1) is 7.15. The first-order valence-electron chi connectivity index (χ1n) is 4.06. The molecule has 0 aromatic heterocycles. The van der Waals surface area contributed by atoms with Crippen molar-refractivity contribution in [2.75, 3.05) is 7.11 Å². The van der Waals surface area contributed by atoms with Crippen LogP contribution in [0.4, 0.5) is 0 Å². The van der Waals surface area contributed by atoms with E-state index in [0.29, 0.717) is 10.0 Å². The number of aliphatic hydroxyl groups excluding tert-OH is 1. The highest BCUT2D eigenvalue weighted by Crippen LogP contribution is 2.24. The maximum absolute atomic E-state index is 11.4. The summed E-state index contributed by atoms with van der Waals surface area (Å²) in [6.07, 6.45) is 0. The van der Waals surface area contributed by atoms with Gasteiger partial charge in [-0.3, -0.25) is 0 Å². The number of aliphatic hydroxyl groups is 1. The number of ether oxygens (including phenoxy) is 1. The van der Waals surface area contributed by atoms with Crippen LogP contribution >= 0.6 is 15.9 Å². The monoisotopic (exact) mass is 269 g/mol. The Morgan fingerprint density at radius 3 is 2.80 bits per heavy atom. The van der Waals surface area contributed by atoms with Gasteiger partial charge in [-0.15, -0.1) is 0 Å². The van der Waals surface area contributed by atoms with E-state index in [0.717, 1.165) is 0 Å².